The number of hydrogen-bond donors (Lipinski definition) is 0. The van der Waals surface area contributed by atoms with Gasteiger partial charge in [-0.15, -0.1) is 11.6 Å². The summed E-state index contributed by atoms with van der Waals surface area (Å²) in [6, 6.07) is 2.87. The number of halogens is 2. The smallest absolute Gasteiger partial charge is 0.282 e. The van der Waals surface area contributed by atoms with Crippen molar-refractivity contribution in [3.05, 3.63) is 39.7 Å². The Morgan fingerprint density at radius 3 is 2.70 bits per heavy atom. The van der Waals surface area contributed by atoms with E-state index in [-0.39, 0.29) is 11.3 Å². The van der Waals surface area contributed by atoms with E-state index >= 15 is 0 Å². The summed E-state index contributed by atoms with van der Waals surface area (Å²) < 4.78 is 13.2. The zero-order valence-corrected chi connectivity index (χ0v) is 11.9. The lowest BCUT2D eigenvalue weighted by atomic mass is 10.1. The molecule has 0 aliphatic heterocycles. The maximum absolute atomic E-state index is 13.2. The summed E-state index contributed by atoms with van der Waals surface area (Å²) in [5.41, 5.74) is -0.612. The zero-order chi connectivity index (χ0) is 15.1. The summed E-state index contributed by atoms with van der Waals surface area (Å²) in [6.45, 7) is 0.448. The van der Waals surface area contributed by atoms with Gasteiger partial charge in [0.05, 0.1) is 4.92 Å². The molecule has 0 heterocycles. The van der Waals surface area contributed by atoms with Crippen LogP contribution >= 0.6 is 11.6 Å². The van der Waals surface area contributed by atoms with Gasteiger partial charge in [0, 0.05) is 25.5 Å². The molecule has 0 saturated heterocycles. The minimum Gasteiger partial charge on any atom is -0.341 e. The van der Waals surface area contributed by atoms with Crippen LogP contribution in [-0.2, 0) is 0 Å². The van der Waals surface area contributed by atoms with Crippen molar-refractivity contribution in [2.45, 2.75) is 19.3 Å². The molecule has 0 saturated carbocycles. The Morgan fingerprint density at radius 2 is 2.10 bits per heavy atom. The largest absolute Gasteiger partial charge is 0.341 e. The van der Waals surface area contributed by atoms with Crippen LogP contribution in [0.15, 0.2) is 18.2 Å². The quantitative estimate of drug-likeness (QED) is 0.336. The Morgan fingerprint density at radius 1 is 1.40 bits per heavy atom. The number of nitrogens with zero attached hydrogens (tertiary/aromatic N) is 2. The van der Waals surface area contributed by atoms with Crippen molar-refractivity contribution in [3.63, 3.8) is 0 Å². The van der Waals surface area contributed by atoms with E-state index in [4.69, 9.17) is 11.6 Å². The van der Waals surface area contributed by atoms with Crippen molar-refractivity contribution in [1.82, 2.24) is 4.90 Å². The van der Waals surface area contributed by atoms with E-state index in [0.29, 0.717) is 12.4 Å². The fourth-order valence-electron chi connectivity index (χ4n) is 1.77. The van der Waals surface area contributed by atoms with E-state index in [0.717, 1.165) is 37.5 Å². The first kappa shape index (κ1) is 16.4. The average Bonchev–Trinajstić information content (AvgIpc) is 2.42. The summed E-state index contributed by atoms with van der Waals surface area (Å²) in [7, 11) is 1.54. The van der Waals surface area contributed by atoms with Gasteiger partial charge in [-0.25, -0.2) is 4.39 Å². The highest BCUT2D eigenvalue weighted by molar-refractivity contribution is 6.17. The fraction of sp³-hybridized carbons (Fsp3) is 0.462. The predicted molar refractivity (Wildman–Crippen MR) is 74.6 cm³/mol. The van der Waals surface area contributed by atoms with Gasteiger partial charge in [-0.1, -0.05) is 6.42 Å². The molecule has 0 radical (unpaired) electrons. The van der Waals surface area contributed by atoms with E-state index < -0.39 is 16.6 Å². The second-order valence-corrected chi connectivity index (χ2v) is 4.77. The number of rotatable bonds is 7. The molecule has 0 aliphatic rings. The lowest BCUT2D eigenvalue weighted by Crippen LogP contribution is -2.28. The van der Waals surface area contributed by atoms with Crippen LogP contribution in [-0.4, -0.2) is 35.2 Å². The number of amides is 1. The second kappa shape index (κ2) is 7.79. The summed E-state index contributed by atoms with van der Waals surface area (Å²) in [5.74, 6) is -0.663. The van der Waals surface area contributed by atoms with Crippen LogP contribution in [0.1, 0.15) is 29.6 Å². The van der Waals surface area contributed by atoms with E-state index in [9.17, 15) is 19.3 Å². The van der Waals surface area contributed by atoms with Gasteiger partial charge < -0.3 is 4.90 Å². The standard InChI is InChI=1S/C13H16ClFN2O3/c1-16(8-4-2-3-7-14)13(18)11-9-10(15)5-6-12(11)17(19)20/h5-6,9H,2-4,7-8H2,1H3. The first-order valence-corrected chi connectivity index (χ1v) is 6.76. The Bertz CT molecular complexity index is 497. The van der Waals surface area contributed by atoms with Crippen LogP contribution < -0.4 is 0 Å². The molecule has 5 nitrogen and oxygen atoms in total. The minimum absolute atomic E-state index is 0.227. The molecule has 1 amide bonds. The summed E-state index contributed by atoms with van der Waals surface area (Å²) in [4.78, 5) is 23.6. The van der Waals surface area contributed by atoms with E-state index in [1.54, 1.807) is 0 Å². The molecule has 0 atom stereocenters. The minimum atomic E-state index is -0.686. The van der Waals surface area contributed by atoms with Crippen molar-refractivity contribution >= 4 is 23.2 Å². The molecular weight excluding hydrogens is 287 g/mol. The van der Waals surface area contributed by atoms with E-state index in [1.807, 2.05) is 0 Å². The Kier molecular flexibility index (Phi) is 6.38. The number of nitro groups is 1. The molecule has 0 bridgehead atoms. The first-order valence-electron chi connectivity index (χ1n) is 6.22. The van der Waals surface area contributed by atoms with Gasteiger partial charge in [0.25, 0.3) is 11.6 Å². The molecule has 110 valence electrons. The first-order chi connectivity index (χ1) is 9.47. The van der Waals surface area contributed by atoms with Crippen LogP contribution in [0.2, 0.25) is 0 Å². The van der Waals surface area contributed by atoms with Crippen LogP contribution in [0, 0.1) is 15.9 Å². The molecule has 7 heteroatoms. The third kappa shape index (κ3) is 4.45. The highest BCUT2D eigenvalue weighted by Gasteiger charge is 2.23. The molecule has 1 aromatic carbocycles. The highest BCUT2D eigenvalue weighted by atomic mass is 35.5. The number of unbranched alkanes of at least 4 members (excludes halogenated alkanes) is 2. The monoisotopic (exact) mass is 302 g/mol. The highest BCUT2D eigenvalue weighted by Crippen LogP contribution is 2.21. The lowest BCUT2D eigenvalue weighted by Gasteiger charge is -2.17. The summed E-state index contributed by atoms with van der Waals surface area (Å²) >= 11 is 5.55. The predicted octanol–water partition coefficient (Wildman–Crippen LogP) is 3.22. The Labute approximate surface area is 121 Å². The number of alkyl halides is 1. The van der Waals surface area contributed by atoms with Gasteiger partial charge >= 0.3 is 0 Å². The molecule has 0 aromatic heterocycles. The summed E-state index contributed by atoms with van der Waals surface area (Å²) in [5, 5.41) is 10.9. The Hall–Kier alpha value is -1.69. The van der Waals surface area contributed by atoms with Gasteiger partial charge in [0.15, 0.2) is 0 Å². The number of carbonyl (C=O) groups is 1. The fourth-order valence-corrected chi connectivity index (χ4v) is 1.96. The van der Waals surface area contributed by atoms with Crippen molar-refractivity contribution in [3.8, 4) is 0 Å². The molecule has 0 fully saturated rings. The molecule has 1 rings (SSSR count). The van der Waals surface area contributed by atoms with Gasteiger partial charge in [-0.05, 0) is 25.0 Å². The van der Waals surface area contributed by atoms with Gasteiger partial charge in [0.2, 0.25) is 0 Å². The van der Waals surface area contributed by atoms with Gasteiger partial charge in [-0.3, -0.25) is 14.9 Å². The molecule has 20 heavy (non-hydrogen) atoms. The molecular formula is C13H16ClFN2O3. The van der Waals surface area contributed by atoms with Gasteiger partial charge in [0.1, 0.15) is 11.4 Å². The number of hydrogen-bond acceptors (Lipinski definition) is 3. The zero-order valence-electron chi connectivity index (χ0n) is 11.1. The van der Waals surface area contributed by atoms with Crippen molar-refractivity contribution in [2.24, 2.45) is 0 Å². The normalized spacial score (nSPS) is 10.3. The van der Waals surface area contributed by atoms with Crippen LogP contribution in [0.3, 0.4) is 0 Å². The topological polar surface area (TPSA) is 63.5 Å². The van der Waals surface area contributed by atoms with Crippen molar-refractivity contribution in [1.29, 1.82) is 0 Å². The van der Waals surface area contributed by atoms with Crippen LogP contribution in [0.25, 0.3) is 0 Å². The molecule has 1 aromatic rings. The lowest BCUT2D eigenvalue weighted by molar-refractivity contribution is -0.385. The van der Waals surface area contributed by atoms with Crippen LogP contribution in [0.4, 0.5) is 10.1 Å². The third-order valence-electron chi connectivity index (χ3n) is 2.86. The molecule has 0 aliphatic carbocycles. The van der Waals surface area contributed by atoms with Gasteiger partial charge in [-0.2, -0.15) is 0 Å². The number of nitro benzene ring substituents is 1. The summed E-state index contributed by atoms with van der Waals surface area (Å²) in [6.07, 6.45) is 2.47. The number of benzene rings is 1. The SMILES string of the molecule is CN(CCCCCCl)C(=O)c1cc(F)ccc1[N+](=O)[O-]. The second-order valence-electron chi connectivity index (χ2n) is 4.39. The van der Waals surface area contributed by atoms with Crippen molar-refractivity contribution in [2.75, 3.05) is 19.5 Å². The average molecular weight is 303 g/mol. The van der Waals surface area contributed by atoms with E-state index in [2.05, 4.69) is 0 Å². The van der Waals surface area contributed by atoms with Crippen molar-refractivity contribution < 1.29 is 14.1 Å². The molecule has 0 spiro atoms. The van der Waals surface area contributed by atoms with Crippen LogP contribution in [0.5, 0.6) is 0 Å². The third-order valence-corrected chi connectivity index (χ3v) is 3.13. The molecule has 0 unspecified atom stereocenters. The maximum atomic E-state index is 13.2. The maximum Gasteiger partial charge on any atom is 0.282 e. The Balaban J connectivity index is 2.80. The number of carbonyl (C=O) groups excluding carboxylic acids is 1. The molecule has 0 N–H and O–H groups in total. The van der Waals surface area contributed by atoms with E-state index in [1.165, 1.54) is 11.9 Å².